The minimum atomic E-state index is -0.0291. The molecule has 0 bridgehead atoms. The Morgan fingerprint density at radius 3 is 2.96 bits per heavy atom. The average Bonchev–Trinajstić information content (AvgIpc) is 3.17. The molecule has 8 heteroatoms. The minimum absolute atomic E-state index is 0.0291. The van der Waals surface area contributed by atoms with Gasteiger partial charge in [-0.25, -0.2) is 4.63 Å². The van der Waals surface area contributed by atoms with E-state index in [0.717, 1.165) is 42.9 Å². The smallest absolute Gasteiger partial charge is 0.256 e. The SMILES string of the molecule is Cc1nonc1CN1CCCCC1c1[nH]ncc1C(=O)N(C)C. The number of carbonyl (C=O) groups excluding carboxylic acids is 1. The van der Waals surface area contributed by atoms with Crippen molar-refractivity contribution in [2.45, 2.75) is 38.8 Å². The minimum Gasteiger partial charge on any atom is -0.345 e. The van der Waals surface area contributed by atoms with Crippen LogP contribution in [0.25, 0.3) is 0 Å². The Kier molecular flexibility index (Phi) is 4.42. The Morgan fingerprint density at radius 2 is 2.26 bits per heavy atom. The first-order valence-electron chi connectivity index (χ1n) is 7.85. The fraction of sp³-hybridized carbons (Fsp3) is 0.600. The maximum absolute atomic E-state index is 12.4. The molecule has 0 aromatic carbocycles. The molecule has 0 aliphatic carbocycles. The normalized spacial score (nSPS) is 19.0. The Labute approximate surface area is 134 Å². The third-order valence-corrected chi connectivity index (χ3v) is 4.35. The molecule has 1 aliphatic heterocycles. The predicted molar refractivity (Wildman–Crippen MR) is 82.6 cm³/mol. The third-order valence-electron chi connectivity index (χ3n) is 4.35. The molecule has 1 aliphatic rings. The molecule has 0 spiro atoms. The van der Waals surface area contributed by atoms with Gasteiger partial charge in [0, 0.05) is 20.6 Å². The number of H-pyrrole nitrogens is 1. The molecular weight excluding hydrogens is 296 g/mol. The molecule has 2 aromatic heterocycles. The summed E-state index contributed by atoms with van der Waals surface area (Å²) in [7, 11) is 3.50. The molecule has 124 valence electrons. The molecule has 1 unspecified atom stereocenters. The fourth-order valence-electron chi connectivity index (χ4n) is 3.05. The second kappa shape index (κ2) is 6.49. The van der Waals surface area contributed by atoms with Crippen LogP contribution in [0.1, 0.15) is 52.7 Å². The molecule has 0 saturated carbocycles. The maximum Gasteiger partial charge on any atom is 0.256 e. The van der Waals surface area contributed by atoms with Gasteiger partial charge in [0.1, 0.15) is 11.4 Å². The van der Waals surface area contributed by atoms with E-state index in [1.54, 1.807) is 25.2 Å². The van der Waals surface area contributed by atoms with Crippen LogP contribution < -0.4 is 0 Å². The van der Waals surface area contributed by atoms with E-state index in [1.165, 1.54) is 0 Å². The van der Waals surface area contributed by atoms with E-state index in [-0.39, 0.29) is 11.9 Å². The number of carbonyl (C=O) groups is 1. The number of rotatable bonds is 4. The highest BCUT2D eigenvalue weighted by atomic mass is 16.6. The highest BCUT2D eigenvalue weighted by Crippen LogP contribution is 2.33. The zero-order chi connectivity index (χ0) is 16.4. The number of amides is 1. The summed E-state index contributed by atoms with van der Waals surface area (Å²) in [4.78, 5) is 16.2. The van der Waals surface area contributed by atoms with Crippen molar-refractivity contribution in [2.24, 2.45) is 0 Å². The fourth-order valence-corrected chi connectivity index (χ4v) is 3.05. The van der Waals surface area contributed by atoms with Gasteiger partial charge in [0.15, 0.2) is 0 Å². The number of nitrogens with zero attached hydrogens (tertiary/aromatic N) is 5. The number of likely N-dealkylation sites (tertiary alicyclic amines) is 1. The topological polar surface area (TPSA) is 91.1 Å². The highest BCUT2D eigenvalue weighted by Gasteiger charge is 2.30. The number of piperidine rings is 1. The number of aromatic amines is 1. The molecule has 3 heterocycles. The molecule has 1 amide bonds. The zero-order valence-electron chi connectivity index (χ0n) is 13.7. The summed E-state index contributed by atoms with van der Waals surface area (Å²) in [5.41, 5.74) is 3.18. The first-order valence-corrected chi connectivity index (χ1v) is 7.85. The Hall–Kier alpha value is -2.22. The Morgan fingerprint density at radius 1 is 1.43 bits per heavy atom. The predicted octanol–water partition coefficient (Wildman–Crippen LogP) is 1.53. The summed E-state index contributed by atoms with van der Waals surface area (Å²) >= 11 is 0. The molecule has 3 rings (SSSR count). The number of aromatic nitrogens is 4. The summed E-state index contributed by atoms with van der Waals surface area (Å²) in [6, 6.07) is 0.126. The Bertz CT molecular complexity index is 677. The highest BCUT2D eigenvalue weighted by molar-refractivity contribution is 5.94. The molecule has 0 radical (unpaired) electrons. The van der Waals surface area contributed by atoms with Gasteiger partial charge in [-0.1, -0.05) is 16.7 Å². The lowest BCUT2D eigenvalue weighted by Gasteiger charge is -2.35. The molecule has 1 saturated heterocycles. The average molecular weight is 318 g/mol. The quantitative estimate of drug-likeness (QED) is 0.919. The number of hydrogen-bond donors (Lipinski definition) is 1. The van der Waals surface area contributed by atoms with Crippen molar-refractivity contribution in [1.29, 1.82) is 0 Å². The summed E-state index contributed by atoms with van der Waals surface area (Å²) in [5, 5.41) is 15.0. The molecule has 1 fully saturated rings. The monoisotopic (exact) mass is 318 g/mol. The second-order valence-corrected chi connectivity index (χ2v) is 6.18. The van der Waals surface area contributed by atoms with E-state index in [1.807, 2.05) is 6.92 Å². The van der Waals surface area contributed by atoms with Crippen LogP contribution in [-0.2, 0) is 6.54 Å². The number of nitrogens with one attached hydrogen (secondary N) is 1. The van der Waals surface area contributed by atoms with Crippen LogP contribution in [0.5, 0.6) is 0 Å². The second-order valence-electron chi connectivity index (χ2n) is 6.18. The van der Waals surface area contributed by atoms with E-state index in [2.05, 4.69) is 25.4 Å². The molecule has 2 aromatic rings. The van der Waals surface area contributed by atoms with E-state index in [4.69, 9.17) is 4.63 Å². The van der Waals surface area contributed by atoms with Gasteiger partial charge < -0.3 is 4.90 Å². The van der Waals surface area contributed by atoms with Gasteiger partial charge in [-0.2, -0.15) is 5.10 Å². The van der Waals surface area contributed by atoms with Gasteiger partial charge >= 0.3 is 0 Å². The lowest BCUT2D eigenvalue weighted by atomic mass is 9.96. The standard InChI is InChI=1S/C15H22N6O2/c1-10-12(19-23-18-10)9-21-7-5-4-6-13(21)14-11(8-16-17-14)15(22)20(2)3/h8,13H,4-7,9H2,1-3H3,(H,16,17). The lowest BCUT2D eigenvalue weighted by Crippen LogP contribution is -2.35. The van der Waals surface area contributed by atoms with Crippen LogP contribution in [-0.4, -0.2) is 56.9 Å². The van der Waals surface area contributed by atoms with Crippen molar-refractivity contribution in [3.8, 4) is 0 Å². The first-order chi connectivity index (χ1) is 11.1. The molecule has 1 N–H and O–H groups in total. The first kappa shape index (κ1) is 15.7. The van der Waals surface area contributed by atoms with Crippen LogP contribution in [0.3, 0.4) is 0 Å². The molecule has 23 heavy (non-hydrogen) atoms. The van der Waals surface area contributed by atoms with Crippen molar-refractivity contribution >= 4 is 5.91 Å². The van der Waals surface area contributed by atoms with Crippen molar-refractivity contribution in [3.05, 3.63) is 28.8 Å². The van der Waals surface area contributed by atoms with Crippen LogP contribution >= 0.6 is 0 Å². The summed E-state index contributed by atoms with van der Waals surface area (Å²) in [5.74, 6) is -0.0291. The van der Waals surface area contributed by atoms with Gasteiger partial charge in [-0.3, -0.25) is 14.8 Å². The van der Waals surface area contributed by atoms with E-state index < -0.39 is 0 Å². The van der Waals surface area contributed by atoms with Gasteiger partial charge in [-0.05, 0) is 26.3 Å². The van der Waals surface area contributed by atoms with Crippen molar-refractivity contribution < 1.29 is 9.42 Å². The molecule has 1 atom stereocenters. The number of hydrogen-bond acceptors (Lipinski definition) is 6. The summed E-state index contributed by atoms with van der Waals surface area (Å²) < 4.78 is 4.80. The third kappa shape index (κ3) is 3.12. The van der Waals surface area contributed by atoms with Gasteiger partial charge in [0.25, 0.3) is 5.91 Å². The van der Waals surface area contributed by atoms with Crippen LogP contribution in [0, 0.1) is 6.92 Å². The van der Waals surface area contributed by atoms with E-state index >= 15 is 0 Å². The Balaban J connectivity index is 1.86. The molecular formula is C15H22N6O2. The maximum atomic E-state index is 12.4. The molecule has 8 nitrogen and oxygen atoms in total. The van der Waals surface area contributed by atoms with Gasteiger partial charge in [0.2, 0.25) is 0 Å². The summed E-state index contributed by atoms with van der Waals surface area (Å²) in [6.45, 7) is 3.50. The lowest BCUT2D eigenvalue weighted by molar-refractivity contribution is 0.0818. The van der Waals surface area contributed by atoms with Crippen LogP contribution in [0.2, 0.25) is 0 Å². The largest absolute Gasteiger partial charge is 0.345 e. The van der Waals surface area contributed by atoms with Crippen LogP contribution in [0.4, 0.5) is 0 Å². The van der Waals surface area contributed by atoms with Crippen LogP contribution in [0.15, 0.2) is 10.8 Å². The number of aryl methyl sites for hydroxylation is 1. The van der Waals surface area contributed by atoms with Gasteiger partial charge in [-0.15, -0.1) is 0 Å². The van der Waals surface area contributed by atoms with Crippen molar-refractivity contribution in [1.82, 2.24) is 30.3 Å². The zero-order valence-corrected chi connectivity index (χ0v) is 13.7. The van der Waals surface area contributed by atoms with E-state index in [0.29, 0.717) is 12.1 Å². The van der Waals surface area contributed by atoms with Gasteiger partial charge in [0.05, 0.1) is 23.5 Å². The summed E-state index contributed by atoms with van der Waals surface area (Å²) in [6.07, 6.45) is 4.87. The van der Waals surface area contributed by atoms with Crippen molar-refractivity contribution in [3.63, 3.8) is 0 Å². The van der Waals surface area contributed by atoms with E-state index in [9.17, 15) is 4.79 Å². The van der Waals surface area contributed by atoms with Crippen molar-refractivity contribution in [2.75, 3.05) is 20.6 Å².